The Bertz CT molecular complexity index is 1250. The first-order valence-electron chi connectivity index (χ1n) is 11.3. The zero-order valence-corrected chi connectivity index (χ0v) is 18.7. The van der Waals surface area contributed by atoms with Gasteiger partial charge in [-0.2, -0.15) is 5.10 Å². The number of hydrogen-bond donors (Lipinski definition) is 0. The molecule has 0 N–H and O–H groups in total. The molecule has 3 aromatic rings. The lowest BCUT2D eigenvalue weighted by Gasteiger charge is -2.29. The highest BCUT2D eigenvalue weighted by molar-refractivity contribution is 6.09. The number of amides is 1. The van der Waals surface area contributed by atoms with E-state index in [4.69, 9.17) is 9.84 Å². The van der Waals surface area contributed by atoms with E-state index in [0.717, 1.165) is 41.7 Å². The summed E-state index contributed by atoms with van der Waals surface area (Å²) in [4.78, 5) is 13.6. The maximum absolute atomic E-state index is 13.7. The number of benzene rings is 3. The van der Waals surface area contributed by atoms with Gasteiger partial charge in [0.25, 0.3) is 5.91 Å². The lowest BCUT2D eigenvalue weighted by Crippen LogP contribution is -2.31. The van der Waals surface area contributed by atoms with Crippen LogP contribution in [0.3, 0.4) is 0 Å². The molecular weight excluding hydrogens is 434 g/mol. The first kappa shape index (κ1) is 22.0. The molecule has 1 heterocycles. The molecule has 1 aliphatic heterocycles. The van der Waals surface area contributed by atoms with Gasteiger partial charge in [0, 0.05) is 11.5 Å². The minimum Gasteiger partial charge on any atom is -0.497 e. The van der Waals surface area contributed by atoms with Crippen molar-refractivity contribution in [2.24, 2.45) is 11.0 Å². The monoisotopic (exact) mass is 458 g/mol. The molecule has 0 saturated heterocycles. The average molecular weight is 459 g/mol. The Morgan fingerprint density at radius 3 is 2.26 bits per heavy atom. The molecule has 5 rings (SSSR count). The van der Waals surface area contributed by atoms with Crippen molar-refractivity contribution in [1.82, 2.24) is 5.01 Å². The number of ether oxygens (including phenoxy) is 1. The first-order chi connectivity index (χ1) is 16.5. The van der Waals surface area contributed by atoms with Gasteiger partial charge in [-0.3, -0.25) is 4.79 Å². The molecule has 0 aromatic heterocycles. The largest absolute Gasteiger partial charge is 0.497 e. The summed E-state index contributed by atoms with van der Waals surface area (Å²) in [7, 11) is 1.58. The standard InChI is InChI=1S/C28H24F2N2O2/c1-34-24-15-9-20(10-16-24)28(33)32-27(19-7-13-23(30)14-8-19)25-4-2-3-21(26(25)31-32)17-18-5-11-22(29)12-6-18/h5-17,25,27H,2-4H2,1H3/b21-17+/t25-,27-/m0/s1. The number of methoxy groups -OCH3 is 1. The van der Waals surface area contributed by atoms with Crippen molar-refractivity contribution >= 4 is 17.7 Å². The molecule has 0 bridgehead atoms. The second kappa shape index (κ2) is 9.21. The van der Waals surface area contributed by atoms with E-state index in [1.54, 1.807) is 60.6 Å². The number of carbonyl (C=O) groups is 1. The zero-order valence-electron chi connectivity index (χ0n) is 18.7. The van der Waals surface area contributed by atoms with Crippen molar-refractivity contribution in [3.05, 3.63) is 107 Å². The topological polar surface area (TPSA) is 41.9 Å². The summed E-state index contributed by atoms with van der Waals surface area (Å²) in [5.74, 6) is -0.170. The van der Waals surface area contributed by atoms with Crippen LogP contribution in [0, 0.1) is 17.6 Å². The lowest BCUT2D eigenvalue weighted by molar-refractivity contribution is 0.0681. The van der Waals surface area contributed by atoms with Crippen LogP contribution in [0.4, 0.5) is 8.78 Å². The first-order valence-corrected chi connectivity index (χ1v) is 11.3. The van der Waals surface area contributed by atoms with Crippen LogP contribution in [0.2, 0.25) is 0 Å². The molecule has 172 valence electrons. The van der Waals surface area contributed by atoms with Gasteiger partial charge < -0.3 is 4.74 Å². The Kier molecular flexibility index (Phi) is 5.97. The SMILES string of the molecule is COc1ccc(C(=O)N2N=C3/C(=C/c4ccc(F)cc4)CCC[C@@H]3[C@@H]2c2ccc(F)cc2)cc1. The maximum Gasteiger partial charge on any atom is 0.274 e. The quantitative estimate of drug-likeness (QED) is 0.453. The Hall–Kier alpha value is -3.80. The third-order valence-corrected chi connectivity index (χ3v) is 6.47. The van der Waals surface area contributed by atoms with E-state index in [1.165, 1.54) is 24.3 Å². The van der Waals surface area contributed by atoms with Crippen molar-refractivity contribution in [1.29, 1.82) is 0 Å². The van der Waals surface area contributed by atoms with E-state index >= 15 is 0 Å². The van der Waals surface area contributed by atoms with Crippen molar-refractivity contribution in [2.75, 3.05) is 7.11 Å². The van der Waals surface area contributed by atoms with Crippen LogP contribution in [0.1, 0.15) is 46.8 Å². The molecular formula is C28H24F2N2O2. The van der Waals surface area contributed by atoms with Gasteiger partial charge in [-0.1, -0.05) is 24.3 Å². The van der Waals surface area contributed by atoms with Crippen LogP contribution in [0.5, 0.6) is 5.75 Å². The van der Waals surface area contributed by atoms with E-state index in [9.17, 15) is 13.6 Å². The zero-order chi connectivity index (χ0) is 23.7. The van der Waals surface area contributed by atoms with Gasteiger partial charge in [-0.15, -0.1) is 0 Å². The number of allylic oxidation sites excluding steroid dienone is 1. The third kappa shape index (κ3) is 4.23. The van der Waals surface area contributed by atoms with Gasteiger partial charge in [-0.05, 0) is 90.6 Å². The molecule has 0 radical (unpaired) electrons. The number of hydrogen-bond acceptors (Lipinski definition) is 3. The lowest BCUT2D eigenvalue weighted by atomic mass is 9.77. The van der Waals surface area contributed by atoms with Crippen molar-refractivity contribution < 1.29 is 18.3 Å². The summed E-state index contributed by atoms with van der Waals surface area (Å²) in [6, 6.07) is 19.2. The summed E-state index contributed by atoms with van der Waals surface area (Å²) in [6.45, 7) is 0. The molecule has 34 heavy (non-hydrogen) atoms. The molecule has 1 aliphatic carbocycles. The summed E-state index contributed by atoms with van der Waals surface area (Å²) in [5, 5.41) is 6.38. The van der Waals surface area contributed by atoms with Crippen molar-refractivity contribution in [3.8, 4) is 5.75 Å². The second-order valence-corrected chi connectivity index (χ2v) is 8.58. The number of carbonyl (C=O) groups excluding carboxylic acids is 1. The fraction of sp³-hybridized carbons (Fsp3) is 0.214. The number of halogens is 2. The molecule has 1 fully saturated rings. The molecule has 6 heteroatoms. The maximum atomic E-state index is 13.7. The number of fused-ring (bicyclic) bond motifs is 1. The molecule has 3 aromatic carbocycles. The van der Waals surface area contributed by atoms with Crippen LogP contribution in [-0.4, -0.2) is 23.7 Å². The Morgan fingerprint density at radius 2 is 1.62 bits per heavy atom. The highest BCUT2D eigenvalue weighted by Gasteiger charge is 2.43. The van der Waals surface area contributed by atoms with Gasteiger partial charge >= 0.3 is 0 Å². The fourth-order valence-electron chi connectivity index (χ4n) is 4.79. The Labute approximate surface area is 197 Å². The molecule has 2 atom stereocenters. The van der Waals surface area contributed by atoms with Gasteiger partial charge in [0.1, 0.15) is 17.4 Å². The van der Waals surface area contributed by atoms with E-state index in [-0.39, 0.29) is 29.5 Å². The third-order valence-electron chi connectivity index (χ3n) is 6.47. The number of nitrogens with zero attached hydrogens (tertiary/aromatic N) is 2. The van der Waals surface area contributed by atoms with Crippen molar-refractivity contribution in [3.63, 3.8) is 0 Å². The van der Waals surface area contributed by atoms with Crippen LogP contribution < -0.4 is 4.74 Å². The van der Waals surface area contributed by atoms with Crippen LogP contribution in [-0.2, 0) is 0 Å². The Balaban J connectivity index is 1.56. The van der Waals surface area contributed by atoms with E-state index in [2.05, 4.69) is 0 Å². The fourth-order valence-corrected chi connectivity index (χ4v) is 4.79. The summed E-state index contributed by atoms with van der Waals surface area (Å²) < 4.78 is 32.3. The summed E-state index contributed by atoms with van der Waals surface area (Å²) in [5.41, 5.74) is 4.14. The molecule has 2 aliphatic rings. The minimum absolute atomic E-state index is 0.00638. The van der Waals surface area contributed by atoms with Gasteiger partial charge in [0.2, 0.25) is 0 Å². The summed E-state index contributed by atoms with van der Waals surface area (Å²) in [6.07, 6.45) is 4.66. The highest BCUT2D eigenvalue weighted by Crippen LogP contribution is 2.45. The number of rotatable bonds is 4. The molecule has 0 unspecified atom stereocenters. The average Bonchev–Trinajstić information content (AvgIpc) is 3.26. The highest BCUT2D eigenvalue weighted by atomic mass is 19.1. The molecule has 1 amide bonds. The molecule has 0 spiro atoms. The van der Waals surface area contributed by atoms with E-state index in [0.29, 0.717) is 11.3 Å². The van der Waals surface area contributed by atoms with Crippen LogP contribution in [0.25, 0.3) is 6.08 Å². The number of hydrazone groups is 1. The van der Waals surface area contributed by atoms with Gasteiger partial charge in [0.05, 0.1) is 18.9 Å². The Morgan fingerprint density at radius 1 is 0.971 bits per heavy atom. The predicted molar refractivity (Wildman–Crippen MR) is 127 cm³/mol. The minimum atomic E-state index is -0.331. The smallest absolute Gasteiger partial charge is 0.274 e. The molecule has 1 saturated carbocycles. The van der Waals surface area contributed by atoms with Crippen molar-refractivity contribution in [2.45, 2.75) is 25.3 Å². The predicted octanol–water partition coefficient (Wildman–Crippen LogP) is 6.41. The van der Waals surface area contributed by atoms with E-state index in [1.807, 2.05) is 6.08 Å². The van der Waals surface area contributed by atoms with Crippen LogP contribution in [0.15, 0.2) is 83.5 Å². The van der Waals surface area contributed by atoms with Crippen LogP contribution >= 0.6 is 0 Å². The summed E-state index contributed by atoms with van der Waals surface area (Å²) >= 11 is 0. The van der Waals surface area contributed by atoms with Gasteiger partial charge in [0.15, 0.2) is 0 Å². The second-order valence-electron chi connectivity index (χ2n) is 8.58. The molecule has 4 nitrogen and oxygen atoms in total. The normalized spacial score (nSPS) is 20.7. The van der Waals surface area contributed by atoms with E-state index < -0.39 is 0 Å². The van der Waals surface area contributed by atoms with Gasteiger partial charge in [-0.25, -0.2) is 13.8 Å².